The van der Waals surface area contributed by atoms with Crippen LogP contribution in [0.15, 0.2) is 6.07 Å². The van der Waals surface area contributed by atoms with Crippen LogP contribution in [0.25, 0.3) is 0 Å². The van der Waals surface area contributed by atoms with Crippen LogP contribution >= 0.6 is 11.3 Å². The second kappa shape index (κ2) is 4.51. The normalized spacial score (nSPS) is 10.8. The second-order valence-electron chi connectivity index (χ2n) is 2.95. The van der Waals surface area contributed by atoms with E-state index in [1.165, 1.54) is 12.1 Å². The van der Waals surface area contributed by atoms with Crippen LogP contribution in [0.4, 0.5) is 5.00 Å². The Morgan fingerprint density at radius 3 is 2.75 bits per heavy atom. The van der Waals surface area contributed by atoms with Crippen LogP contribution in [0.5, 0.6) is 0 Å². The lowest BCUT2D eigenvalue weighted by atomic mass is 10.3. The van der Waals surface area contributed by atoms with Gasteiger partial charge >= 0.3 is 5.97 Å². The molecule has 0 bridgehead atoms. The number of rotatable bonds is 4. The summed E-state index contributed by atoms with van der Waals surface area (Å²) >= 11 is 0.821. The highest BCUT2D eigenvalue weighted by Crippen LogP contribution is 2.27. The van der Waals surface area contributed by atoms with Gasteiger partial charge in [0, 0.05) is 0 Å². The lowest BCUT2D eigenvalue weighted by Crippen LogP contribution is -2.14. The predicted octanol–water partition coefficient (Wildman–Crippen LogP) is 1.02. The smallest absolute Gasteiger partial charge is 0.346 e. The van der Waals surface area contributed by atoms with Gasteiger partial charge in [0.2, 0.25) is 10.0 Å². The first-order valence-corrected chi connectivity index (χ1v) is 6.54. The number of aromatic carboxylic acids is 1. The molecule has 0 spiro atoms. The molecule has 0 unspecified atom stereocenters. The number of nitrogens with one attached hydrogen (secondary N) is 1. The van der Waals surface area contributed by atoms with E-state index in [1.807, 2.05) is 0 Å². The average Bonchev–Trinajstić information content (AvgIpc) is 2.45. The molecule has 0 aliphatic carbocycles. The zero-order valence-electron chi connectivity index (χ0n) is 8.22. The maximum Gasteiger partial charge on any atom is 0.346 e. The van der Waals surface area contributed by atoms with Crippen LogP contribution in [0.3, 0.4) is 0 Å². The summed E-state index contributed by atoms with van der Waals surface area (Å²) in [6.45, 7) is 1.57. The Hall–Kier alpha value is -1.59. The van der Waals surface area contributed by atoms with Crippen molar-refractivity contribution in [3.05, 3.63) is 16.5 Å². The molecule has 0 saturated heterocycles. The van der Waals surface area contributed by atoms with Crippen molar-refractivity contribution in [1.29, 1.82) is 5.26 Å². The first-order valence-electron chi connectivity index (χ1n) is 4.07. The van der Waals surface area contributed by atoms with E-state index in [9.17, 15) is 13.2 Å². The lowest BCUT2D eigenvalue weighted by molar-refractivity contribution is 0.0701. The molecule has 16 heavy (non-hydrogen) atoms. The highest BCUT2D eigenvalue weighted by molar-refractivity contribution is 7.93. The van der Waals surface area contributed by atoms with E-state index in [1.54, 1.807) is 6.92 Å². The number of thiophene rings is 1. The molecule has 2 N–H and O–H groups in total. The van der Waals surface area contributed by atoms with Crippen molar-refractivity contribution in [2.75, 3.05) is 10.5 Å². The Morgan fingerprint density at radius 1 is 1.69 bits per heavy atom. The van der Waals surface area contributed by atoms with E-state index in [4.69, 9.17) is 10.4 Å². The average molecular weight is 260 g/mol. The van der Waals surface area contributed by atoms with Crippen LogP contribution in [-0.2, 0) is 10.0 Å². The van der Waals surface area contributed by atoms with E-state index in [-0.39, 0.29) is 9.88 Å². The maximum atomic E-state index is 11.2. The molecule has 0 fully saturated rings. The van der Waals surface area contributed by atoms with Gasteiger partial charge in [0.15, 0.2) is 5.75 Å². The maximum absolute atomic E-state index is 11.2. The van der Waals surface area contributed by atoms with Crippen molar-refractivity contribution in [3.8, 4) is 6.07 Å². The van der Waals surface area contributed by atoms with Gasteiger partial charge < -0.3 is 5.11 Å². The highest BCUT2D eigenvalue weighted by atomic mass is 32.2. The van der Waals surface area contributed by atoms with Gasteiger partial charge in [-0.3, -0.25) is 4.72 Å². The van der Waals surface area contributed by atoms with Gasteiger partial charge in [-0.1, -0.05) is 0 Å². The number of carboxylic acids is 1. The number of hydrogen-bond acceptors (Lipinski definition) is 5. The zero-order valence-corrected chi connectivity index (χ0v) is 9.85. The number of nitrogens with zero attached hydrogens (tertiary/aromatic N) is 1. The van der Waals surface area contributed by atoms with Gasteiger partial charge in [-0.2, -0.15) is 5.26 Å². The summed E-state index contributed by atoms with van der Waals surface area (Å²) in [5, 5.41) is 17.2. The molecule has 1 heterocycles. The highest BCUT2D eigenvalue weighted by Gasteiger charge is 2.16. The fraction of sp³-hybridized carbons (Fsp3) is 0.250. The van der Waals surface area contributed by atoms with Crippen LogP contribution in [0.1, 0.15) is 15.2 Å². The Kier molecular flexibility index (Phi) is 3.51. The Labute approximate surface area is 96.2 Å². The SMILES string of the molecule is Cc1cc(NS(=O)(=O)CC#N)sc1C(=O)O. The Morgan fingerprint density at radius 2 is 2.31 bits per heavy atom. The van der Waals surface area contributed by atoms with Crippen molar-refractivity contribution in [2.24, 2.45) is 0 Å². The predicted molar refractivity (Wildman–Crippen MR) is 59.0 cm³/mol. The van der Waals surface area contributed by atoms with E-state index >= 15 is 0 Å². The fourth-order valence-electron chi connectivity index (χ4n) is 1.02. The molecule has 0 saturated carbocycles. The van der Waals surface area contributed by atoms with Gasteiger partial charge in [0.25, 0.3) is 0 Å². The van der Waals surface area contributed by atoms with E-state index in [0.29, 0.717) is 5.56 Å². The standard InChI is InChI=1S/C8H8N2O4S2/c1-5-4-6(15-7(5)8(11)12)10-16(13,14)3-2-9/h4,10H,3H2,1H3,(H,11,12). The Bertz CT molecular complexity index is 553. The summed E-state index contributed by atoms with van der Waals surface area (Å²) in [7, 11) is -3.71. The number of carboxylic acid groups (broad SMARTS) is 1. The van der Waals surface area contributed by atoms with Gasteiger partial charge in [0.05, 0.1) is 6.07 Å². The summed E-state index contributed by atoms with van der Waals surface area (Å²) < 4.78 is 24.6. The summed E-state index contributed by atoms with van der Waals surface area (Å²) in [5.41, 5.74) is 0.479. The fourth-order valence-corrected chi connectivity index (χ4v) is 2.94. The summed E-state index contributed by atoms with van der Waals surface area (Å²) in [5.74, 6) is -1.76. The zero-order chi connectivity index (χ0) is 12.3. The lowest BCUT2D eigenvalue weighted by Gasteiger charge is -1.99. The molecule has 0 atom stereocenters. The monoisotopic (exact) mass is 260 g/mol. The van der Waals surface area contributed by atoms with Gasteiger partial charge in [-0.15, -0.1) is 11.3 Å². The van der Waals surface area contributed by atoms with E-state index < -0.39 is 21.7 Å². The first-order chi connectivity index (χ1) is 7.35. The topological polar surface area (TPSA) is 107 Å². The Balaban J connectivity index is 2.97. The van der Waals surface area contributed by atoms with Crippen LogP contribution in [0, 0.1) is 18.3 Å². The third-order valence-corrected chi connectivity index (χ3v) is 3.93. The molecule has 6 nitrogen and oxygen atoms in total. The second-order valence-corrected chi connectivity index (χ2v) is 5.72. The third kappa shape index (κ3) is 2.95. The van der Waals surface area contributed by atoms with Crippen molar-refractivity contribution in [1.82, 2.24) is 0 Å². The molecule has 1 aromatic rings. The molecule has 0 aliphatic rings. The van der Waals surface area contributed by atoms with E-state index in [0.717, 1.165) is 11.3 Å². The molecule has 86 valence electrons. The number of aryl methyl sites for hydroxylation is 1. The minimum Gasteiger partial charge on any atom is -0.477 e. The van der Waals surface area contributed by atoms with Gasteiger partial charge in [0.1, 0.15) is 9.88 Å². The number of carbonyl (C=O) groups is 1. The number of hydrogen-bond donors (Lipinski definition) is 2. The van der Waals surface area contributed by atoms with Crippen molar-refractivity contribution in [3.63, 3.8) is 0 Å². The molecule has 0 radical (unpaired) electrons. The molecule has 1 rings (SSSR count). The number of nitriles is 1. The third-order valence-electron chi connectivity index (χ3n) is 1.62. The quantitative estimate of drug-likeness (QED) is 0.840. The summed E-state index contributed by atoms with van der Waals surface area (Å²) in [4.78, 5) is 10.8. The van der Waals surface area contributed by atoms with Crippen LogP contribution in [0.2, 0.25) is 0 Å². The largest absolute Gasteiger partial charge is 0.477 e. The van der Waals surface area contributed by atoms with E-state index in [2.05, 4.69) is 4.72 Å². The van der Waals surface area contributed by atoms with Gasteiger partial charge in [-0.05, 0) is 18.6 Å². The molecule has 8 heteroatoms. The number of sulfonamides is 1. The van der Waals surface area contributed by atoms with Crippen molar-refractivity contribution in [2.45, 2.75) is 6.92 Å². The summed E-state index contributed by atoms with van der Waals surface area (Å²) in [6, 6.07) is 2.93. The summed E-state index contributed by atoms with van der Waals surface area (Å²) in [6.07, 6.45) is 0. The molecule has 0 aliphatic heterocycles. The molecular weight excluding hydrogens is 252 g/mol. The van der Waals surface area contributed by atoms with Crippen LogP contribution < -0.4 is 4.72 Å². The minimum absolute atomic E-state index is 0.0784. The minimum atomic E-state index is -3.71. The molecule has 0 aromatic carbocycles. The van der Waals surface area contributed by atoms with Crippen molar-refractivity contribution >= 4 is 32.3 Å². The van der Waals surface area contributed by atoms with Crippen LogP contribution in [-0.4, -0.2) is 25.2 Å². The van der Waals surface area contributed by atoms with Crippen molar-refractivity contribution < 1.29 is 18.3 Å². The first kappa shape index (κ1) is 12.5. The molecule has 0 amide bonds. The molecule has 1 aromatic heterocycles. The molecular formula is C8H8N2O4S2. The number of anilines is 1. The van der Waals surface area contributed by atoms with Gasteiger partial charge in [-0.25, -0.2) is 13.2 Å².